The van der Waals surface area contributed by atoms with Crippen LogP contribution in [0.1, 0.15) is 42.0 Å². The van der Waals surface area contributed by atoms with Crippen molar-refractivity contribution >= 4 is 18.3 Å². The Labute approximate surface area is 161 Å². The number of carbonyl (C=O) groups excluding carboxylic acids is 1. The fraction of sp³-hybridized carbons (Fsp3) is 0.381. The molecule has 1 aliphatic rings. The maximum absolute atomic E-state index is 13.6. The van der Waals surface area contributed by atoms with Gasteiger partial charge in [0.15, 0.2) is 0 Å². The van der Waals surface area contributed by atoms with E-state index < -0.39 is 0 Å². The number of piperazine rings is 1. The SMILES string of the molecule is Cc1ccccc1C(C)CC(=O)N1CCNCC1c1cccc(F)c1.Cl. The molecule has 0 aromatic heterocycles. The van der Waals surface area contributed by atoms with Gasteiger partial charge in [0.2, 0.25) is 5.91 Å². The van der Waals surface area contributed by atoms with Crippen molar-refractivity contribution in [1.82, 2.24) is 10.2 Å². The highest BCUT2D eigenvalue weighted by Crippen LogP contribution is 2.28. The first-order valence-corrected chi connectivity index (χ1v) is 8.87. The molecule has 0 aliphatic carbocycles. The van der Waals surface area contributed by atoms with Crippen LogP contribution in [0.4, 0.5) is 4.39 Å². The predicted molar refractivity (Wildman–Crippen MR) is 105 cm³/mol. The van der Waals surface area contributed by atoms with E-state index in [2.05, 4.69) is 31.3 Å². The summed E-state index contributed by atoms with van der Waals surface area (Å²) < 4.78 is 13.6. The molecule has 0 spiro atoms. The molecule has 3 rings (SSSR count). The molecule has 1 N–H and O–H groups in total. The average molecular weight is 377 g/mol. The van der Waals surface area contributed by atoms with Crippen LogP contribution >= 0.6 is 12.4 Å². The van der Waals surface area contributed by atoms with E-state index in [9.17, 15) is 9.18 Å². The van der Waals surface area contributed by atoms with Gasteiger partial charge in [-0.1, -0.05) is 43.3 Å². The van der Waals surface area contributed by atoms with Crippen LogP contribution in [0.15, 0.2) is 48.5 Å². The Morgan fingerprint density at radius 3 is 2.77 bits per heavy atom. The van der Waals surface area contributed by atoms with Crippen molar-refractivity contribution in [1.29, 1.82) is 0 Å². The lowest BCUT2D eigenvalue weighted by Gasteiger charge is -2.37. The van der Waals surface area contributed by atoms with Crippen molar-refractivity contribution in [3.05, 3.63) is 71.0 Å². The van der Waals surface area contributed by atoms with Gasteiger partial charge in [-0.3, -0.25) is 4.79 Å². The maximum Gasteiger partial charge on any atom is 0.223 e. The summed E-state index contributed by atoms with van der Waals surface area (Å²) in [6.45, 7) is 6.26. The van der Waals surface area contributed by atoms with Gasteiger partial charge in [0.25, 0.3) is 0 Å². The van der Waals surface area contributed by atoms with Crippen LogP contribution in [0.25, 0.3) is 0 Å². The van der Waals surface area contributed by atoms with Crippen LogP contribution in [0.2, 0.25) is 0 Å². The quantitative estimate of drug-likeness (QED) is 0.866. The Kier molecular flexibility index (Phi) is 7.18. The summed E-state index contributed by atoms with van der Waals surface area (Å²) in [5.74, 6) is 0.0343. The van der Waals surface area contributed by atoms with Gasteiger partial charge in [-0.2, -0.15) is 0 Å². The minimum atomic E-state index is -0.260. The molecule has 3 nitrogen and oxygen atoms in total. The van der Waals surface area contributed by atoms with Crippen molar-refractivity contribution < 1.29 is 9.18 Å². The Morgan fingerprint density at radius 1 is 1.27 bits per heavy atom. The van der Waals surface area contributed by atoms with Crippen molar-refractivity contribution in [2.45, 2.75) is 32.2 Å². The second-order valence-corrected chi connectivity index (χ2v) is 6.82. The number of halogens is 2. The standard InChI is InChI=1S/C21H25FN2O.ClH/c1-15-6-3-4-9-19(15)16(2)12-21(25)24-11-10-23-14-20(24)17-7-5-8-18(22)13-17;/h3-9,13,16,20,23H,10-12,14H2,1-2H3;1H. The molecule has 1 fully saturated rings. The number of nitrogens with one attached hydrogen (secondary N) is 1. The second-order valence-electron chi connectivity index (χ2n) is 6.82. The lowest BCUT2D eigenvalue weighted by Crippen LogP contribution is -2.48. The summed E-state index contributed by atoms with van der Waals surface area (Å²) in [5.41, 5.74) is 3.28. The molecule has 2 unspecified atom stereocenters. The molecule has 1 aliphatic heterocycles. The van der Waals surface area contributed by atoms with E-state index in [0.29, 0.717) is 19.5 Å². The smallest absolute Gasteiger partial charge is 0.223 e. The Bertz CT molecular complexity index is 752. The molecule has 26 heavy (non-hydrogen) atoms. The van der Waals surface area contributed by atoms with Crippen molar-refractivity contribution in [3.63, 3.8) is 0 Å². The Balaban J connectivity index is 0.00000243. The first-order valence-electron chi connectivity index (χ1n) is 8.87. The summed E-state index contributed by atoms with van der Waals surface area (Å²) in [6, 6.07) is 14.7. The van der Waals surface area contributed by atoms with E-state index in [4.69, 9.17) is 0 Å². The lowest BCUT2D eigenvalue weighted by molar-refractivity contribution is -0.134. The first kappa shape index (κ1) is 20.4. The van der Waals surface area contributed by atoms with Crippen LogP contribution < -0.4 is 5.32 Å². The molecule has 1 saturated heterocycles. The zero-order chi connectivity index (χ0) is 17.8. The largest absolute Gasteiger partial charge is 0.333 e. The number of aryl methyl sites for hydroxylation is 1. The topological polar surface area (TPSA) is 32.3 Å². The third kappa shape index (κ3) is 4.63. The number of hydrogen-bond acceptors (Lipinski definition) is 2. The third-order valence-corrected chi connectivity index (χ3v) is 5.00. The van der Waals surface area contributed by atoms with E-state index in [1.165, 1.54) is 23.3 Å². The lowest BCUT2D eigenvalue weighted by atomic mass is 9.92. The summed E-state index contributed by atoms with van der Waals surface area (Å²) in [6.07, 6.45) is 0.469. The van der Waals surface area contributed by atoms with Gasteiger partial charge in [-0.05, 0) is 41.7 Å². The number of nitrogens with zero attached hydrogens (tertiary/aromatic N) is 1. The summed E-state index contributed by atoms with van der Waals surface area (Å²) in [5, 5.41) is 3.32. The normalized spacial score (nSPS) is 18.1. The third-order valence-electron chi connectivity index (χ3n) is 5.00. The van der Waals surface area contributed by atoms with Crippen LogP contribution in [0, 0.1) is 12.7 Å². The zero-order valence-corrected chi connectivity index (χ0v) is 16.1. The first-order chi connectivity index (χ1) is 12.1. The maximum atomic E-state index is 13.6. The molecule has 2 aromatic rings. The highest BCUT2D eigenvalue weighted by Gasteiger charge is 2.29. The summed E-state index contributed by atoms with van der Waals surface area (Å²) in [7, 11) is 0. The molecule has 0 bridgehead atoms. The molecule has 0 saturated carbocycles. The highest BCUT2D eigenvalue weighted by molar-refractivity contribution is 5.85. The second kappa shape index (κ2) is 9.15. The fourth-order valence-electron chi connectivity index (χ4n) is 3.64. The number of carbonyl (C=O) groups is 1. The van der Waals surface area contributed by atoms with Crippen LogP contribution in [-0.2, 0) is 4.79 Å². The minimum absolute atomic E-state index is 0. The summed E-state index contributed by atoms with van der Waals surface area (Å²) >= 11 is 0. The number of amides is 1. The molecule has 1 heterocycles. The van der Waals surface area contributed by atoms with Gasteiger partial charge in [0.1, 0.15) is 5.82 Å². The van der Waals surface area contributed by atoms with Crippen molar-refractivity contribution in [2.24, 2.45) is 0 Å². The molecule has 5 heteroatoms. The predicted octanol–water partition coefficient (Wildman–Crippen LogP) is 4.22. The molecule has 2 aromatic carbocycles. The van der Waals surface area contributed by atoms with Gasteiger partial charge in [-0.25, -0.2) is 4.39 Å². The van der Waals surface area contributed by atoms with Crippen LogP contribution in [-0.4, -0.2) is 30.4 Å². The fourth-order valence-corrected chi connectivity index (χ4v) is 3.64. The zero-order valence-electron chi connectivity index (χ0n) is 15.2. The number of rotatable bonds is 4. The molecule has 2 atom stereocenters. The van der Waals surface area contributed by atoms with Gasteiger partial charge in [-0.15, -0.1) is 12.4 Å². The average Bonchev–Trinajstić information content (AvgIpc) is 2.62. The number of benzene rings is 2. The van der Waals surface area contributed by atoms with Crippen LogP contribution in [0.5, 0.6) is 0 Å². The van der Waals surface area contributed by atoms with E-state index in [1.807, 2.05) is 23.1 Å². The van der Waals surface area contributed by atoms with Gasteiger partial charge in [0, 0.05) is 26.1 Å². The Morgan fingerprint density at radius 2 is 2.04 bits per heavy atom. The van der Waals surface area contributed by atoms with Gasteiger partial charge < -0.3 is 10.2 Å². The van der Waals surface area contributed by atoms with Crippen molar-refractivity contribution in [3.8, 4) is 0 Å². The number of hydrogen-bond donors (Lipinski definition) is 1. The minimum Gasteiger partial charge on any atom is -0.333 e. The molecular formula is C21H26ClFN2O. The molecule has 0 radical (unpaired) electrons. The van der Waals surface area contributed by atoms with E-state index in [1.54, 1.807) is 6.07 Å². The molecule has 1 amide bonds. The monoisotopic (exact) mass is 376 g/mol. The molecule has 140 valence electrons. The summed E-state index contributed by atoms with van der Waals surface area (Å²) in [4.78, 5) is 14.9. The Hall–Kier alpha value is -1.91. The van der Waals surface area contributed by atoms with E-state index >= 15 is 0 Å². The van der Waals surface area contributed by atoms with Crippen molar-refractivity contribution in [2.75, 3.05) is 19.6 Å². The van der Waals surface area contributed by atoms with E-state index in [0.717, 1.165) is 12.1 Å². The van der Waals surface area contributed by atoms with Crippen LogP contribution in [0.3, 0.4) is 0 Å². The van der Waals surface area contributed by atoms with Gasteiger partial charge in [0.05, 0.1) is 6.04 Å². The molecular weight excluding hydrogens is 351 g/mol. The van der Waals surface area contributed by atoms with Gasteiger partial charge >= 0.3 is 0 Å². The van der Waals surface area contributed by atoms with E-state index in [-0.39, 0.29) is 36.1 Å². The highest BCUT2D eigenvalue weighted by atomic mass is 35.5.